The number of carbonyl (C=O) groups excluding carboxylic acids is 1. The van der Waals surface area contributed by atoms with Crippen LogP contribution in [0.4, 0.5) is 0 Å². The van der Waals surface area contributed by atoms with Crippen molar-refractivity contribution in [1.29, 1.82) is 0 Å². The summed E-state index contributed by atoms with van der Waals surface area (Å²) >= 11 is 0. The molecular formula is C20H20N8O. The van der Waals surface area contributed by atoms with Gasteiger partial charge >= 0.3 is 0 Å². The molecule has 9 nitrogen and oxygen atoms in total. The third-order valence-electron chi connectivity index (χ3n) is 5.29. The number of fused-ring (bicyclic) bond motifs is 2. The van der Waals surface area contributed by atoms with Crippen molar-refractivity contribution in [3.8, 4) is 11.4 Å². The Kier molecular flexibility index (Phi) is 4.08. The van der Waals surface area contributed by atoms with E-state index in [2.05, 4.69) is 29.8 Å². The molecule has 1 aliphatic heterocycles. The van der Waals surface area contributed by atoms with Crippen molar-refractivity contribution in [2.45, 2.75) is 33.5 Å². The molecule has 0 aromatic carbocycles. The summed E-state index contributed by atoms with van der Waals surface area (Å²) in [6, 6.07) is 5.73. The van der Waals surface area contributed by atoms with Gasteiger partial charge in [0.2, 0.25) is 0 Å². The molecule has 0 N–H and O–H groups in total. The Bertz CT molecular complexity index is 1210. The van der Waals surface area contributed by atoms with Crippen LogP contribution in [0, 0.1) is 6.92 Å². The van der Waals surface area contributed by atoms with Gasteiger partial charge in [-0.1, -0.05) is 0 Å². The maximum atomic E-state index is 13.2. The third kappa shape index (κ3) is 2.86. The lowest BCUT2D eigenvalue weighted by atomic mass is 10.1. The van der Waals surface area contributed by atoms with Crippen LogP contribution >= 0.6 is 0 Å². The number of hydrogen-bond donors (Lipinski definition) is 0. The molecule has 4 aromatic heterocycles. The van der Waals surface area contributed by atoms with Crippen molar-refractivity contribution in [1.82, 2.24) is 39.4 Å². The van der Waals surface area contributed by atoms with Crippen LogP contribution in [-0.4, -0.2) is 51.9 Å². The lowest BCUT2D eigenvalue weighted by Gasteiger charge is -2.28. The molecular weight excluding hydrogens is 368 g/mol. The van der Waals surface area contributed by atoms with Crippen LogP contribution in [0.3, 0.4) is 0 Å². The number of aryl methyl sites for hydroxylation is 2. The number of pyridine rings is 2. The van der Waals surface area contributed by atoms with E-state index in [1.54, 1.807) is 23.5 Å². The number of nitrogens with zero attached hydrogens (tertiary/aromatic N) is 8. The predicted molar refractivity (Wildman–Crippen MR) is 106 cm³/mol. The predicted octanol–water partition coefficient (Wildman–Crippen LogP) is 2.07. The number of carbonyl (C=O) groups is 1. The molecule has 1 amide bonds. The maximum Gasteiger partial charge on any atom is 0.256 e. The monoisotopic (exact) mass is 388 g/mol. The van der Waals surface area contributed by atoms with Crippen molar-refractivity contribution in [3.63, 3.8) is 0 Å². The molecule has 0 atom stereocenters. The summed E-state index contributed by atoms with van der Waals surface area (Å²) in [5.74, 6) is 1.51. The Morgan fingerprint density at radius 2 is 2.10 bits per heavy atom. The summed E-state index contributed by atoms with van der Waals surface area (Å²) in [7, 11) is 0. The molecule has 4 aromatic rings. The molecule has 29 heavy (non-hydrogen) atoms. The first-order valence-electron chi connectivity index (χ1n) is 9.60. The SMILES string of the molecule is CCn1ncc2cc(C(=O)N3CCn4c(nnc4-c4cccnc4)C3)c(C)nc21. The minimum Gasteiger partial charge on any atom is -0.329 e. The smallest absolute Gasteiger partial charge is 0.256 e. The minimum absolute atomic E-state index is 0.0432. The standard InChI is InChI=1S/C20H20N8O/c1-3-28-18-15(11-22-28)9-16(13(2)23-18)20(29)26-7-8-27-17(12-26)24-25-19(27)14-5-4-6-21-10-14/h4-6,9-11H,3,7-8,12H2,1-2H3. The highest BCUT2D eigenvalue weighted by Crippen LogP contribution is 2.23. The lowest BCUT2D eigenvalue weighted by molar-refractivity contribution is 0.0707. The van der Waals surface area contributed by atoms with Gasteiger partial charge in [-0.05, 0) is 32.0 Å². The van der Waals surface area contributed by atoms with E-state index in [1.807, 2.05) is 36.7 Å². The van der Waals surface area contributed by atoms with Crippen LogP contribution < -0.4 is 0 Å². The molecule has 0 fully saturated rings. The number of hydrogen-bond acceptors (Lipinski definition) is 6. The van der Waals surface area contributed by atoms with E-state index in [-0.39, 0.29) is 5.91 Å². The molecule has 5 heterocycles. The van der Waals surface area contributed by atoms with Crippen LogP contribution in [0.15, 0.2) is 36.8 Å². The Balaban J connectivity index is 1.44. The van der Waals surface area contributed by atoms with E-state index in [1.165, 1.54) is 0 Å². The van der Waals surface area contributed by atoms with Gasteiger partial charge in [0.25, 0.3) is 5.91 Å². The van der Waals surface area contributed by atoms with Gasteiger partial charge in [0.15, 0.2) is 17.3 Å². The van der Waals surface area contributed by atoms with Crippen LogP contribution in [0.25, 0.3) is 22.4 Å². The summed E-state index contributed by atoms with van der Waals surface area (Å²) in [6.45, 7) is 6.27. The summed E-state index contributed by atoms with van der Waals surface area (Å²) in [4.78, 5) is 23.8. The Hall–Kier alpha value is -3.62. The van der Waals surface area contributed by atoms with Crippen molar-refractivity contribution < 1.29 is 4.79 Å². The number of amides is 1. The van der Waals surface area contributed by atoms with Crippen molar-refractivity contribution >= 4 is 16.9 Å². The molecule has 146 valence electrons. The Morgan fingerprint density at radius 1 is 1.21 bits per heavy atom. The second-order valence-electron chi connectivity index (χ2n) is 7.05. The molecule has 0 saturated heterocycles. The molecule has 0 unspecified atom stereocenters. The minimum atomic E-state index is -0.0432. The van der Waals surface area contributed by atoms with Gasteiger partial charge in [-0.25, -0.2) is 9.67 Å². The first-order chi connectivity index (χ1) is 14.2. The van der Waals surface area contributed by atoms with Gasteiger partial charge in [0, 0.05) is 43.0 Å². The average molecular weight is 388 g/mol. The molecule has 0 spiro atoms. The highest BCUT2D eigenvalue weighted by molar-refractivity contribution is 5.98. The molecule has 9 heteroatoms. The maximum absolute atomic E-state index is 13.2. The van der Waals surface area contributed by atoms with Crippen LogP contribution in [0.5, 0.6) is 0 Å². The zero-order valence-electron chi connectivity index (χ0n) is 16.3. The van der Waals surface area contributed by atoms with E-state index in [0.717, 1.165) is 34.8 Å². The van der Waals surface area contributed by atoms with E-state index in [4.69, 9.17) is 0 Å². The summed E-state index contributed by atoms with van der Waals surface area (Å²) in [5.41, 5.74) is 3.04. The fraction of sp³-hybridized carbons (Fsp3) is 0.300. The molecule has 0 saturated carbocycles. The van der Waals surface area contributed by atoms with Crippen LogP contribution in [-0.2, 0) is 19.6 Å². The van der Waals surface area contributed by atoms with E-state index in [0.29, 0.717) is 30.9 Å². The second-order valence-corrected chi connectivity index (χ2v) is 7.05. The van der Waals surface area contributed by atoms with Crippen LogP contribution in [0.1, 0.15) is 28.8 Å². The molecule has 0 radical (unpaired) electrons. The van der Waals surface area contributed by atoms with Crippen molar-refractivity contribution in [2.75, 3.05) is 6.54 Å². The van der Waals surface area contributed by atoms with Gasteiger partial charge in [-0.2, -0.15) is 5.10 Å². The summed E-state index contributed by atoms with van der Waals surface area (Å²) in [6.07, 6.45) is 5.26. The Labute approximate surface area is 167 Å². The normalized spacial score (nSPS) is 13.7. The van der Waals surface area contributed by atoms with Gasteiger partial charge in [-0.3, -0.25) is 9.78 Å². The third-order valence-corrected chi connectivity index (χ3v) is 5.29. The summed E-state index contributed by atoms with van der Waals surface area (Å²) < 4.78 is 3.89. The van der Waals surface area contributed by atoms with Crippen molar-refractivity contribution in [2.24, 2.45) is 0 Å². The first-order valence-corrected chi connectivity index (χ1v) is 9.60. The average Bonchev–Trinajstić information content (AvgIpc) is 3.36. The summed E-state index contributed by atoms with van der Waals surface area (Å²) in [5, 5.41) is 13.8. The van der Waals surface area contributed by atoms with E-state index in [9.17, 15) is 4.79 Å². The topological polar surface area (TPSA) is 94.6 Å². The van der Waals surface area contributed by atoms with Crippen molar-refractivity contribution in [3.05, 3.63) is 53.9 Å². The van der Waals surface area contributed by atoms with Gasteiger partial charge in [-0.15, -0.1) is 10.2 Å². The molecule has 5 rings (SSSR count). The molecule has 0 bridgehead atoms. The van der Waals surface area contributed by atoms with Gasteiger partial charge in [0.05, 0.1) is 24.0 Å². The zero-order valence-corrected chi connectivity index (χ0v) is 16.3. The lowest BCUT2D eigenvalue weighted by Crippen LogP contribution is -2.39. The quantitative estimate of drug-likeness (QED) is 0.533. The Morgan fingerprint density at radius 3 is 2.90 bits per heavy atom. The molecule has 1 aliphatic rings. The largest absolute Gasteiger partial charge is 0.329 e. The fourth-order valence-corrected chi connectivity index (χ4v) is 3.75. The zero-order chi connectivity index (χ0) is 20.0. The highest BCUT2D eigenvalue weighted by atomic mass is 16.2. The second kappa shape index (κ2) is 6.77. The van der Waals surface area contributed by atoms with E-state index < -0.39 is 0 Å². The fourth-order valence-electron chi connectivity index (χ4n) is 3.75. The van der Waals surface area contributed by atoms with E-state index >= 15 is 0 Å². The highest BCUT2D eigenvalue weighted by Gasteiger charge is 2.27. The molecule has 0 aliphatic carbocycles. The number of aromatic nitrogens is 7. The van der Waals surface area contributed by atoms with Gasteiger partial charge < -0.3 is 9.47 Å². The van der Waals surface area contributed by atoms with Gasteiger partial charge in [0.1, 0.15) is 0 Å². The number of rotatable bonds is 3. The first kappa shape index (κ1) is 17.5. The van der Waals surface area contributed by atoms with Crippen LogP contribution in [0.2, 0.25) is 0 Å².